The van der Waals surface area contributed by atoms with Gasteiger partial charge in [-0.1, -0.05) is 23.8 Å². The summed E-state index contributed by atoms with van der Waals surface area (Å²) in [6, 6.07) is 14.4. The van der Waals surface area contributed by atoms with Gasteiger partial charge in [0, 0.05) is 38.1 Å². The van der Waals surface area contributed by atoms with E-state index in [9.17, 15) is 9.59 Å². The van der Waals surface area contributed by atoms with Crippen LogP contribution in [0.5, 0.6) is 0 Å². The molecule has 4 heterocycles. The quantitative estimate of drug-likeness (QED) is 0.441. The highest BCUT2D eigenvalue weighted by atomic mass is 16.5. The third kappa shape index (κ3) is 4.11. The number of rotatable bonds is 5. The van der Waals surface area contributed by atoms with Gasteiger partial charge in [0.2, 0.25) is 0 Å². The number of amides is 1. The molecule has 9 nitrogen and oxygen atoms in total. The minimum atomic E-state index is -0.390. The van der Waals surface area contributed by atoms with Crippen molar-refractivity contribution in [3.63, 3.8) is 0 Å². The first-order chi connectivity index (χ1) is 16.5. The van der Waals surface area contributed by atoms with Crippen LogP contribution >= 0.6 is 0 Å². The summed E-state index contributed by atoms with van der Waals surface area (Å²) >= 11 is 0. The molecule has 174 valence electrons. The van der Waals surface area contributed by atoms with Crippen molar-refractivity contribution in [2.75, 3.05) is 39.4 Å². The predicted octanol–water partition coefficient (Wildman–Crippen LogP) is 1.49. The van der Waals surface area contributed by atoms with E-state index in [-0.39, 0.29) is 22.0 Å². The zero-order valence-corrected chi connectivity index (χ0v) is 19.0. The zero-order chi connectivity index (χ0) is 23.7. The van der Waals surface area contributed by atoms with Crippen LogP contribution in [0.15, 0.2) is 59.5 Å². The van der Waals surface area contributed by atoms with E-state index in [1.54, 1.807) is 22.9 Å². The number of carbonyl (C=O) groups excluding carboxylic acids is 1. The fourth-order valence-electron chi connectivity index (χ4n) is 4.19. The average Bonchev–Trinajstić information content (AvgIpc) is 2.85. The summed E-state index contributed by atoms with van der Waals surface area (Å²) in [5, 5.41) is 12.1. The molecule has 4 aromatic rings. The van der Waals surface area contributed by atoms with Gasteiger partial charge in [0.15, 0.2) is 5.65 Å². The van der Waals surface area contributed by atoms with Gasteiger partial charge in [-0.3, -0.25) is 28.9 Å². The van der Waals surface area contributed by atoms with Gasteiger partial charge in [-0.15, -0.1) is 0 Å². The van der Waals surface area contributed by atoms with Crippen molar-refractivity contribution in [2.24, 2.45) is 0 Å². The van der Waals surface area contributed by atoms with Crippen LogP contribution in [0.4, 0.5) is 0 Å². The summed E-state index contributed by atoms with van der Waals surface area (Å²) in [5.74, 6) is -0.390. The second-order valence-electron chi connectivity index (χ2n) is 8.37. The van der Waals surface area contributed by atoms with E-state index >= 15 is 0 Å². The van der Waals surface area contributed by atoms with Crippen LogP contribution in [0.3, 0.4) is 0 Å². The third-order valence-corrected chi connectivity index (χ3v) is 6.08. The molecule has 34 heavy (non-hydrogen) atoms. The van der Waals surface area contributed by atoms with Crippen LogP contribution in [0.25, 0.3) is 22.4 Å². The summed E-state index contributed by atoms with van der Waals surface area (Å²) in [5.41, 5.74) is 2.37. The van der Waals surface area contributed by atoms with Gasteiger partial charge in [-0.2, -0.15) is 0 Å². The number of pyridine rings is 2. The molecule has 0 aliphatic carbocycles. The normalized spacial score (nSPS) is 14.5. The fraction of sp³-hybridized carbons (Fsp3) is 0.280. The number of nitrogens with one attached hydrogen (secondary N) is 2. The van der Waals surface area contributed by atoms with Gasteiger partial charge in [0.05, 0.1) is 24.2 Å². The monoisotopic (exact) mass is 458 g/mol. The summed E-state index contributed by atoms with van der Waals surface area (Å²) in [4.78, 5) is 33.4. The van der Waals surface area contributed by atoms with Crippen LogP contribution < -0.4 is 16.4 Å². The Balaban J connectivity index is 1.61. The molecule has 2 N–H and O–H groups in total. The maximum Gasteiger partial charge on any atom is 0.267 e. The van der Waals surface area contributed by atoms with Crippen LogP contribution in [-0.4, -0.2) is 64.2 Å². The van der Waals surface area contributed by atoms with Crippen molar-refractivity contribution in [2.45, 2.75) is 6.92 Å². The molecule has 0 radical (unpaired) electrons. The van der Waals surface area contributed by atoms with Crippen LogP contribution in [0, 0.1) is 12.3 Å². The van der Waals surface area contributed by atoms with E-state index in [1.165, 1.54) is 10.5 Å². The van der Waals surface area contributed by atoms with Crippen LogP contribution in [-0.2, 0) is 4.74 Å². The van der Waals surface area contributed by atoms with Crippen molar-refractivity contribution in [3.8, 4) is 5.69 Å². The number of nitrogens with zero attached hydrogens (tertiary/aromatic N) is 4. The number of ether oxygens (including phenoxy) is 1. The number of aromatic nitrogens is 3. The van der Waals surface area contributed by atoms with E-state index < -0.39 is 5.91 Å². The smallest absolute Gasteiger partial charge is 0.267 e. The topological polar surface area (TPSA) is 105 Å². The lowest BCUT2D eigenvalue weighted by molar-refractivity contribution is 0.0383. The molecular weight excluding hydrogens is 432 g/mol. The van der Waals surface area contributed by atoms with Crippen molar-refractivity contribution >= 4 is 22.6 Å². The largest absolute Gasteiger partial charge is 0.379 e. The number of morpholine rings is 1. The standard InChI is InChI=1S/C25H26N6O3/c1-17-5-7-18(8-6-17)31-22(26)19(24(32)27-9-11-29-12-14-34-15-13-29)16-20-23(31)28-21-4-2-3-10-30(21)25(20)33/h2-8,10,16,26H,9,11-15H2,1H3,(H,27,32). The van der Waals surface area contributed by atoms with Gasteiger partial charge in [0.1, 0.15) is 11.1 Å². The highest BCUT2D eigenvalue weighted by Crippen LogP contribution is 2.16. The Labute approximate surface area is 195 Å². The number of aryl methyl sites for hydroxylation is 1. The predicted molar refractivity (Wildman–Crippen MR) is 128 cm³/mol. The summed E-state index contributed by atoms with van der Waals surface area (Å²) in [7, 11) is 0. The van der Waals surface area contributed by atoms with Crippen LogP contribution in [0.2, 0.25) is 0 Å². The Kier molecular flexibility index (Phi) is 5.95. The molecule has 0 unspecified atom stereocenters. The van der Waals surface area contributed by atoms with Crippen molar-refractivity contribution in [1.82, 2.24) is 24.2 Å². The molecule has 0 atom stereocenters. The second-order valence-corrected chi connectivity index (χ2v) is 8.37. The van der Waals surface area contributed by atoms with Gasteiger partial charge >= 0.3 is 0 Å². The van der Waals surface area contributed by atoms with Gasteiger partial charge < -0.3 is 10.1 Å². The molecule has 3 aromatic heterocycles. The van der Waals surface area contributed by atoms with Crippen LogP contribution in [0.1, 0.15) is 15.9 Å². The van der Waals surface area contributed by atoms with Gasteiger partial charge in [-0.25, -0.2) is 4.98 Å². The lowest BCUT2D eigenvalue weighted by Gasteiger charge is -2.26. The lowest BCUT2D eigenvalue weighted by atomic mass is 10.1. The average molecular weight is 459 g/mol. The molecule has 1 amide bonds. The highest BCUT2D eigenvalue weighted by Gasteiger charge is 2.19. The zero-order valence-electron chi connectivity index (χ0n) is 19.0. The Bertz CT molecular complexity index is 1480. The second kappa shape index (κ2) is 9.20. The number of benzene rings is 1. The number of fused-ring (bicyclic) bond motifs is 2. The molecule has 5 rings (SSSR count). The SMILES string of the molecule is Cc1ccc(-n2c(=N)c(C(=O)NCCN3CCOCC3)cc3c(=O)n4ccccc4nc32)cc1. The van der Waals surface area contributed by atoms with E-state index in [0.717, 1.165) is 18.7 Å². The number of hydrogen-bond donors (Lipinski definition) is 2. The van der Waals surface area contributed by atoms with E-state index in [4.69, 9.17) is 10.1 Å². The molecule has 0 spiro atoms. The molecule has 1 fully saturated rings. The minimum absolute atomic E-state index is 0.0209. The molecular formula is C25H26N6O3. The first kappa shape index (κ1) is 22.0. The van der Waals surface area contributed by atoms with Crippen molar-refractivity contribution in [1.29, 1.82) is 5.41 Å². The first-order valence-electron chi connectivity index (χ1n) is 11.3. The molecule has 1 saturated heterocycles. The molecule has 9 heteroatoms. The molecule has 0 saturated carbocycles. The Morgan fingerprint density at radius 1 is 1.15 bits per heavy atom. The Hall–Kier alpha value is -3.82. The molecule has 1 aromatic carbocycles. The Morgan fingerprint density at radius 3 is 2.68 bits per heavy atom. The molecule has 0 bridgehead atoms. The number of hydrogen-bond acceptors (Lipinski definition) is 6. The van der Waals surface area contributed by atoms with Gasteiger partial charge in [0.25, 0.3) is 11.5 Å². The molecule has 1 aliphatic rings. The van der Waals surface area contributed by atoms with E-state index in [1.807, 2.05) is 37.3 Å². The molecule has 1 aliphatic heterocycles. The first-order valence-corrected chi connectivity index (χ1v) is 11.3. The lowest BCUT2D eigenvalue weighted by Crippen LogP contribution is -2.42. The van der Waals surface area contributed by atoms with Crippen molar-refractivity contribution < 1.29 is 9.53 Å². The summed E-state index contributed by atoms with van der Waals surface area (Å²) < 4.78 is 8.38. The van der Waals surface area contributed by atoms with Gasteiger partial charge in [-0.05, 0) is 37.3 Å². The maximum atomic E-state index is 13.3. The van der Waals surface area contributed by atoms with E-state index in [2.05, 4.69) is 15.2 Å². The maximum absolute atomic E-state index is 13.3. The van der Waals surface area contributed by atoms with E-state index in [0.29, 0.717) is 43.3 Å². The Morgan fingerprint density at radius 2 is 1.91 bits per heavy atom. The number of carbonyl (C=O) groups is 1. The fourth-order valence-corrected chi connectivity index (χ4v) is 4.19. The minimum Gasteiger partial charge on any atom is -0.379 e. The van der Waals surface area contributed by atoms with Crippen molar-refractivity contribution in [3.05, 3.63) is 81.7 Å². The summed E-state index contributed by atoms with van der Waals surface area (Å²) in [6.07, 6.45) is 1.65. The highest BCUT2D eigenvalue weighted by molar-refractivity contribution is 5.97. The summed E-state index contributed by atoms with van der Waals surface area (Å²) in [6.45, 7) is 6.16. The third-order valence-electron chi connectivity index (χ3n) is 6.08.